The fourth-order valence-corrected chi connectivity index (χ4v) is 2.27. The van der Waals surface area contributed by atoms with Crippen molar-refractivity contribution < 1.29 is 22.8 Å². The van der Waals surface area contributed by atoms with Crippen molar-refractivity contribution in [3.63, 3.8) is 0 Å². The molecule has 2 amide bonds. The minimum absolute atomic E-state index is 0.0638. The lowest BCUT2D eigenvalue weighted by Crippen LogP contribution is -2.41. The van der Waals surface area contributed by atoms with Crippen LogP contribution in [-0.4, -0.2) is 11.8 Å². The average Bonchev–Trinajstić information content (AvgIpc) is 2.57. The van der Waals surface area contributed by atoms with E-state index in [2.05, 4.69) is 10.6 Å². The first kappa shape index (κ1) is 20.8. The molecule has 2 N–H and O–H groups in total. The fraction of sp³-hybridized carbons (Fsp3) is 0.263. The molecule has 0 aromatic heterocycles. The quantitative estimate of drug-likeness (QED) is 0.689. The van der Waals surface area contributed by atoms with Crippen molar-refractivity contribution in [3.05, 3.63) is 58.6 Å². The number of hydrogen-bond acceptors (Lipinski definition) is 2. The number of carbonyl (C=O) groups excluding carboxylic acids is 2. The maximum absolute atomic E-state index is 12.8. The van der Waals surface area contributed by atoms with Gasteiger partial charge >= 0.3 is 6.18 Å². The van der Waals surface area contributed by atoms with Gasteiger partial charge in [0.15, 0.2) is 0 Å². The molecule has 0 saturated heterocycles. The number of rotatable bonds is 4. The third kappa shape index (κ3) is 5.01. The maximum atomic E-state index is 12.8. The number of benzene rings is 2. The summed E-state index contributed by atoms with van der Waals surface area (Å²) in [4.78, 5) is 25.0. The minimum atomic E-state index is -4.58. The van der Waals surface area contributed by atoms with Crippen molar-refractivity contribution in [2.45, 2.75) is 26.9 Å². The van der Waals surface area contributed by atoms with Crippen LogP contribution in [0.2, 0.25) is 5.02 Å². The van der Waals surface area contributed by atoms with Crippen LogP contribution in [0.5, 0.6) is 0 Å². The van der Waals surface area contributed by atoms with Crippen molar-refractivity contribution in [1.29, 1.82) is 0 Å². The predicted molar refractivity (Wildman–Crippen MR) is 98.7 cm³/mol. The van der Waals surface area contributed by atoms with Gasteiger partial charge in [0, 0.05) is 5.69 Å². The molecule has 0 atom stereocenters. The van der Waals surface area contributed by atoms with E-state index < -0.39 is 29.0 Å². The second kappa shape index (κ2) is 7.60. The smallest absolute Gasteiger partial charge is 0.325 e. The summed E-state index contributed by atoms with van der Waals surface area (Å²) in [6.07, 6.45) is -4.58. The van der Waals surface area contributed by atoms with E-state index in [1.807, 2.05) is 6.92 Å². The van der Waals surface area contributed by atoms with Gasteiger partial charge in [-0.1, -0.05) is 29.3 Å². The minimum Gasteiger partial charge on any atom is -0.325 e. The zero-order valence-corrected chi connectivity index (χ0v) is 15.6. The van der Waals surface area contributed by atoms with E-state index >= 15 is 0 Å². The molecular weight excluding hydrogens is 381 g/mol. The van der Waals surface area contributed by atoms with Crippen molar-refractivity contribution in [2.75, 3.05) is 10.6 Å². The number of halogens is 4. The molecule has 0 radical (unpaired) electrons. The number of alkyl halides is 3. The molecule has 0 aliphatic heterocycles. The molecule has 2 aromatic rings. The van der Waals surface area contributed by atoms with Crippen LogP contribution in [0.3, 0.4) is 0 Å². The molecule has 8 heteroatoms. The Morgan fingerprint density at radius 3 is 2.04 bits per heavy atom. The molecule has 0 fully saturated rings. The van der Waals surface area contributed by atoms with Gasteiger partial charge in [0.2, 0.25) is 11.8 Å². The molecule has 2 aromatic carbocycles. The van der Waals surface area contributed by atoms with Gasteiger partial charge in [-0.2, -0.15) is 13.2 Å². The highest BCUT2D eigenvalue weighted by atomic mass is 35.5. The SMILES string of the molecule is Cc1ccc(NC(=O)C(C)(C)C(=O)Nc2cc(C(F)(F)F)ccc2Cl)cc1. The molecule has 0 aliphatic rings. The number of amides is 2. The Hall–Kier alpha value is -2.54. The number of carbonyl (C=O) groups is 2. The summed E-state index contributed by atoms with van der Waals surface area (Å²) in [6.45, 7) is 4.63. The van der Waals surface area contributed by atoms with Gasteiger partial charge in [-0.25, -0.2) is 0 Å². The van der Waals surface area contributed by atoms with Crippen molar-refractivity contribution in [2.24, 2.45) is 5.41 Å². The van der Waals surface area contributed by atoms with E-state index in [9.17, 15) is 22.8 Å². The Labute approximate surface area is 159 Å². The van der Waals surface area contributed by atoms with Gasteiger partial charge in [0.05, 0.1) is 16.3 Å². The number of anilines is 2. The van der Waals surface area contributed by atoms with Gasteiger partial charge in [0.25, 0.3) is 0 Å². The Morgan fingerprint density at radius 2 is 1.48 bits per heavy atom. The first-order valence-electron chi connectivity index (χ1n) is 7.97. The van der Waals surface area contributed by atoms with E-state index in [0.29, 0.717) is 5.69 Å². The first-order chi connectivity index (χ1) is 12.4. The third-order valence-electron chi connectivity index (χ3n) is 3.99. The second-order valence-electron chi connectivity index (χ2n) is 6.59. The van der Waals surface area contributed by atoms with E-state index in [1.54, 1.807) is 24.3 Å². The highest BCUT2D eigenvalue weighted by Crippen LogP contribution is 2.34. The van der Waals surface area contributed by atoms with Gasteiger partial charge < -0.3 is 10.6 Å². The zero-order chi connectivity index (χ0) is 20.4. The zero-order valence-electron chi connectivity index (χ0n) is 14.9. The highest BCUT2D eigenvalue weighted by Gasteiger charge is 2.37. The van der Waals surface area contributed by atoms with Gasteiger partial charge in [-0.3, -0.25) is 9.59 Å². The standard InChI is InChI=1S/C19H18ClF3N2O2/c1-11-4-7-13(8-5-11)24-16(26)18(2,3)17(27)25-15-10-12(19(21,22)23)6-9-14(15)20/h4-10H,1-3H3,(H,24,26)(H,25,27). The Morgan fingerprint density at radius 1 is 0.926 bits per heavy atom. The Kier molecular flexibility index (Phi) is 5.85. The molecule has 0 aliphatic carbocycles. The normalized spacial score (nSPS) is 11.8. The van der Waals surface area contributed by atoms with E-state index in [-0.39, 0.29) is 10.7 Å². The van der Waals surface area contributed by atoms with Crippen molar-refractivity contribution in [1.82, 2.24) is 0 Å². The molecule has 0 spiro atoms. The van der Waals surface area contributed by atoms with E-state index in [4.69, 9.17) is 11.6 Å². The number of nitrogens with one attached hydrogen (secondary N) is 2. The topological polar surface area (TPSA) is 58.2 Å². The lowest BCUT2D eigenvalue weighted by atomic mass is 9.90. The summed E-state index contributed by atoms with van der Waals surface area (Å²) < 4.78 is 38.5. The van der Waals surface area contributed by atoms with Crippen LogP contribution in [0.25, 0.3) is 0 Å². The third-order valence-corrected chi connectivity index (χ3v) is 4.32. The van der Waals surface area contributed by atoms with Crippen LogP contribution < -0.4 is 10.6 Å². The van der Waals surface area contributed by atoms with E-state index in [0.717, 1.165) is 23.8 Å². The van der Waals surface area contributed by atoms with Gasteiger partial charge in [0.1, 0.15) is 5.41 Å². The van der Waals surface area contributed by atoms with E-state index in [1.165, 1.54) is 13.8 Å². The Bertz CT molecular complexity index is 862. The van der Waals surface area contributed by atoms with Crippen LogP contribution in [0.4, 0.5) is 24.5 Å². The van der Waals surface area contributed by atoms with Gasteiger partial charge in [-0.05, 0) is 51.1 Å². The summed E-state index contributed by atoms with van der Waals surface area (Å²) >= 11 is 5.88. The maximum Gasteiger partial charge on any atom is 0.416 e. The fourth-order valence-electron chi connectivity index (χ4n) is 2.10. The number of aryl methyl sites for hydroxylation is 1. The Balaban J connectivity index is 2.18. The molecular formula is C19H18ClF3N2O2. The molecule has 27 heavy (non-hydrogen) atoms. The average molecular weight is 399 g/mol. The molecule has 0 bridgehead atoms. The summed E-state index contributed by atoms with van der Waals surface area (Å²) in [5.41, 5.74) is -1.22. The van der Waals surface area contributed by atoms with Crippen LogP contribution >= 0.6 is 11.6 Å². The molecule has 0 heterocycles. The van der Waals surface area contributed by atoms with Gasteiger partial charge in [-0.15, -0.1) is 0 Å². The predicted octanol–water partition coefficient (Wildman–Crippen LogP) is 5.27. The lowest BCUT2D eigenvalue weighted by Gasteiger charge is -2.23. The molecule has 4 nitrogen and oxygen atoms in total. The highest BCUT2D eigenvalue weighted by molar-refractivity contribution is 6.34. The molecule has 0 saturated carbocycles. The lowest BCUT2D eigenvalue weighted by molar-refractivity contribution is -0.138. The summed E-state index contributed by atoms with van der Waals surface area (Å²) in [6, 6.07) is 9.55. The molecule has 144 valence electrons. The van der Waals surface area contributed by atoms with Crippen LogP contribution in [0.1, 0.15) is 25.0 Å². The molecule has 0 unspecified atom stereocenters. The van der Waals surface area contributed by atoms with Crippen molar-refractivity contribution in [3.8, 4) is 0 Å². The summed E-state index contributed by atoms with van der Waals surface area (Å²) in [5.74, 6) is -1.39. The summed E-state index contributed by atoms with van der Waals surface area (Å²) in [5, 5.41) is 4.86. The molecule has 2 rings (SSSR count). The van der Waals surface area contributed by atoms with Crippen LogP contribution in [-0.2, 0) is 15.8 Å². The van der Waals surface area contributed by atoms with Crippen LogP contribution in [0, 0.1) is 12.3 Å². The van der Waals surface area contributed by atoms with Crippen molar-refractivity contribution >= 4 is 34.8 Å². The van der Waals surface area contributed by atoms with Crippen LogP contribution in [0.15, 0.2) is 42.5 Å². The largest absolute Gasteiger partial charge is 0.416 e. The summed E-state index contributed by atoms with van der Waals surface area (Å²) in [7, 11) is 0. The second-order valence-corrected chi connectivity index (χ2v) is 7.00. The number of hydrogen-bond donors (Lipinski definition) is 2. The first-order valence-corrected chi connectivity index (χ1v) is 8.35. The monoisotopic (exact) mass is 398 g/mol.